The van der Waals surface area contributed by atoms with E-state index in [0.29, 0.717) is 12.1 Å². The first-order valence-electron chi connectivity index (χ1n) is 9.14. The molecule has 2 aromatic rings. The molecular weight excluding hydrogens is 334 g/mol. The molecule has 0 bridgehead atoms. The van der Waals surface area contributed by atoms with Gasteiger partial charge in [-0.15, -0.1) is 0 Å². The fourth-order valence-electron chi connectivity index (χ4n) is 3.85. The highest BCUT2D eigenvalue weighted by molar-refractivity contribution is 5.94. The molecule has 3 nitrogen and oxygen atoms in total. The van der Waals surface area contributed by atoms with Crippen LogP contribution in [0.4, 0.5) is 8.78 Å². The van der Waals surface area contributed by atoms with Gasteiger partial charge in [-0.2, -0.15) is 0 Å². The summed E-state index contributed by atoms with van der Waals surface area (Å²) in [7, 11) is 0. The number of hydrogen-bond donors (Lipinski definition) is 1. The first-order chi connectivity index (χ1) is 12.6. The van der Waals surface area contributed by atoms with Crippen molar-refractivity contribution in [1.82, 2.24) is 10.2 Å². The predicted octanol–water partition coefficient (Wildman–Crippen LogP) is 3.57. The van der Waals surface area contributed by atoms with Crippen LogP contribution in [-0.4, -0.2) is 36.5 Å². The van der Waals surface area contributed by atoms with Gasteiger partial charge >= 0.3 is 0 Å². The molecule has 5 heteroatoms. The van der Waals surface area contributed by atoms with Gasteiger partial charge in [0.25, 0.3) is 5.91 Å². The van der Waals surface area contributed by atoms with Crippen molar-refractivity contribution in [1.29, 1.82) is 0 Å². The van der Waals surface area contributed by atoms with E-state index in [1.54, 1.807) is 12.1 Å². The molecular formula is C21H22F2N2O. The van der Waals surface area contributed by atoms with Crippen LogP contribution in [0.5, 0.6) is 0 Å². The number of nitrogens with one attached hydrogen (secondary N) is 1. The molecule has 1 aliphatic heterocycles. The van der Waals surface area contributed by atoms with Crippen LogP contribution in [0.15, 0.2) is 48.5 Å². The molecule has 0 spiro atoms. The maximum atomic E-state index is 13.5. The van der Waals surface area contributed by atoms with E-state index in [1.165, 1.54) is 24.3 Å². The SMILES string of the molecule is O=C(c1cccc(F)c1)N(C[C@H]1CNC[C@@H]1c1ccc(F)cc1)C1CC1. The van der Waals surface area contributed by atoms with Gasteiger partial charge in [0.15, 0.2) is 0 Å². The van der Waals surface area contributed by atoms with Crippen molar-refractivity contribution in [3.05, 3.63) is 71.3 Å². The number of amides is 1. The van der Waals surface area contributed by atoms with Crippen molar-refractivity contribution in [2.75, 3.05) is 19.6 Å². The molecule has 2 aliphatic rings. The number of benzene rings is 2. The van der Waals surface area contributed by atoms with Crippen molar-refractivity contribution >= 4 is 5.91 Å². The van der Waals surface area contributed by atoms with Crippen LogP contribution >= 0.6 is 0 Å². The second-order valence-corrected chi connectivity index (χ2v) is 7.28. The van der Waals surface area contributed by atoms with Crippen molar-refractivity contribution in [2.45, 2.75) is 24.8 Å². The van der Waals surface area contributed by atoms with Crippen molar-refractivity contribution in [2.24, 2.45) is 5.92 Å². The molecule has 0 unspecified atom stereocenters. The number of rotatable bonds is 5. The summed E-state index contributed by atoms with van der Waals surface area (Å²) >= 11 is 0. The Balaban J connectivity index is 1.52. The van der Waals surface area contributed by atoms with Crippen LogP contribution in [-0.2, 0) is 0 Å². The van der Waals surface area contributed by atoms with Gasteiger partial charge in [0.1, 0.15) is 11.6 Å². The van der Waals surface area contributed by atoms with Crippen LogP contribution in [0.25, 0.3) is 0 Å². The lowest BCUT2D eigenvalue weighted by Crippen LogP contribution is -2.39. The number of carbonyl (C=O) groups is 1. The minimum absolute atomic E-state index is 0.100. The molecule has 1 N–H and O–H groups in total. The topological polar surface area (TPSA) is 32.3 Å². The fraction of sp³-hybridized carbons (Fsp3) is 0.381. The monoisotopic (exact) mass is 356 g/mol. The molecule has 1 saturated carbocycles. The zero-order valence-electron chi connectivity index (χ0n) is 14.5. The van der Waals surface area contributed by atoms with Gasteiger partial charge in [0, 0.05) is 37.2 Å². The summed E-state index contributed by atoms with van der Waals surface area (Å²) in [6, 6.07) is 12.8. The Kier molecular flexibility index (Phi) is 4.72. The summed E-state index contributed by atoms with van der Waals surface area (Å²) in [5, 5.41) is 3.40. The van der Waals surface area contributed by atoms with E-state index in [4.69, 9.17) is 0 Å². The van der Waals surface area contributed by atoms with Gasteiger partial charge in [-0.05, 0) is 54.7 Å². The minimum atomic E-state index is -0.390. The summed E-state index contributed by atoms with van der Waals surface area (Å²) in [5.74, 6) is -0.219. The quantitative estimate of drug-likeness (QED) is 0.888. The van der Waals surface area contributed by atoms with Crippen LogP contribution < -0.4 is 5.32 Å². The second-order valence-electron chi connectivity index (χ2n) is 7.28. The van der Waals surface area contributed by atoms with E-state index >= 15 is 0 Å². The average Bonchev–Trinajstić information content (AvgIpc) is 3.38. The molecule has 0 radical (unpaired) electrons. The van der Waals surface area contributed by atoms with E-state index in [-0.39, 0.29) is 29.6 Å². The van der Waals surface area contributed by atoms with E-state index in [9.17, 15) is 13.6 Å². The van der Waals surface area contributed by atoms with Crippen LogP contribution in [0.3, 0.4) is 0 Å². The highest BCUT2D eigenvalue weighted by Crippen LogP contribution is 2.34. The standard InChI is InChI=1S/C21H22F2N2O/c22-17-6-4-14(5-7-17)20-12-24-11-16(20)13-25(19-8-9-19)21(26)15-2-1-3-18(23)10-15/h1-7,10,16,19-20,24H,8-9,11-13H2/t16-,20-/m1/s1. The van der Waals surface area contributed by atoms with Crippen LogP contribution in [0.1, 0.15) is 34.7 Å². The summed E-state index contributed by atoms with van der Waals surface area (Å²) in [6.45, 7) is 2.28. The maximum Gasteiger partial charge on any atom is 0.254 e. The summed E-state index contributed by atoms with van der Waals surface area (Å²) in [4.78, 5) is 14.8. The van der Waals surface area contributed by atoms with Gasteiger partial charge in [-0.3, -0.25) is 4.79 Å². The Morgan fingerprint density at radius 2 is 1.81 bits per heavy atom. The highest BCUT2D eigenvalue weighted by Gasteiger charge is 2.38. The number of nitrogens with zero attached hydrogens (tertiary/aromatic N) is 1. The van der Waals surface area contributed by atoms with Crippen molar-refractivity contribution < 1.29 is 13.6 Å². The number of hydrogen-bond acceptors (Lipinski definition) is 2. The third-order valence-corrected chi connectivity index (χ3v) is 5.39. The lowest BCUT2D eigenvalue weighted by molar-refractivity contribution is 0.0713. The third-order valence-electron chi connectivity index (χ3n) is 5.39. The van der Waals surface area contributed by atoms with Gasteiger partial charge < -0.3 is 10.2 Å². The van der Waals surface area contributed by atoms with Gasteiger partial charge in [-0.1, -0.05) is 18.2 Å². The molecule has 26 heavy (non-hydrogen) atoms. The Bertz CT molecular complexity index is 789. The second kappa shape index (κ2) is 7.16. The molecule has 1 saturated heterocycles. The van der Waals surface area contributed by atoms with E-state index < -0.39 is 5.82 Å². The zero-order valence-corrected chi connectivity index (χ0v) is 14.5. The average molecular weight is 356 g/mol. The molecule has 136 valence electrons. The largest absolute Gasteiger partial charge is 0.335 e. The van der Waals surface area contributed by atoms with Crippen LogP contribution in [0, 0.1) is 17.6 Å². The third kappa shape index (κ3) is 3.63. The molecule has 1 aliphatic carbocycles. The first-order valence-corrected chi connectivity index (χ1v) is 9.14. The predicted molar refractivity (Wildman–Crippen MR) is 96.0 cm³/mol. The molecule has 2 fully saturated rings. The minimum Gasteiger partial charge on any atom is -0.335 e. The smallest absolute Gasteiger partial charge is 0.254 e. The van der Waals surface area contributed by atoms with Gasteiger partial charge in [0.2, 0.25) is 0 Å². The number of carbonyl (C=O) groups excluding carboxylic acids is 1. The highest BCUT2D eigenvalue weighted by atomic mass is 19.1. The molecule has 1 heterocycles. The Morgan fingerprint density at radius 3 is 2.50 bits per heavy atom. The molecule has 2 aromatic carbocycles. The number of halogens is 2. The Hall–Kier alpha value is -2.27. The lowest BCUT2D eigenvalue weighted by atomic mass is 9.88. The first kappa shape index (κ1) is 17.2. The van der Waals surface area contributed by atoms with E-state index in [2.05, 4.69) is 5.32 Å². The zero-order chi connectivity index (χ0) is 18.1. The summed E-state index contributed by atoms with van der Waals surface area (Å²) < 4.78 is 26.7. The molecule has 2 atom stereocenters. The fourth-order valence-corrected chi connectivity index (χ4v) is 3.85. The van der Waals surface area contributed by atoms with Crippen LogP contribution in [0.2, 0.25) is 0 Å². The Labute approximate surface area is 152 Å². The van der Waals surface area contributed by atoms with Gasteiger partial charge in [-0.25, -0.2) is 8.78 Å². The summed E-state index contributed by atoms with van der Waals surface area (Å²) in [6.07, 6.45) is 2.00. The van der Waals surface area contributed by atoms with Crippen molar-refractivity contribution in [3.8, 4) is 0 Å². The van der Waals surface area contributed by atoms with Gasteiger partial charge in [0.05, 0.1) is 0 Å². The van der Waals surface area contributed by atoms with E-state index in [1.807, 2.05) is 17.0 Å². The molecule has 0 aromatic heterocycles. The molecule has 4 rings (SSSR count). The lowest BCUT2D eigenvalue weighted by Gasteiger charge is -2.29. The molecule has 1 amide bonds. The Morgan fingerprint density at radius 1 is 1.04 bits per heavy atom. The normalized spacial score (nSPS) is 22.4. The van der Waals surface area contributed by atoms with E-state index in [0.717, 1.165) is 31.5 Å². The maximum absolute atomic E-state index is 13.5. The summed E-state index contributed by atoms with van der Waals surface area (Å²) in [5.41, 5.74) is 1.50. The van der Waals surface area contributed by atoms with Crippen molar-refractivity contribution in [3.63, 3.8) is 0 Å².